The second kappa shape index (κ2) is 9.90. The van der Waals surface area contributed by atoms with E-state index in [0.717, 1.165) is 35.4 Å². The van der Waals surface area contributed by atoms with Crippen LogP contribution in [0.2, 0.25) is 0 Å². The molecule has 4 rings (SSSR count). The van der Waals surface area contributed by atoms with Gasteiger partial charge in [-0.25, -0.2) is 0 Å². The lowest BCUT2D eigenvalue weighted by Crippen LogP contribution is -2.29. The van der Waals surface area contributed by atoms with Crippen molar-refractivity contribution in [1.29, 1.82) is 0 Å². The fourth-order valence-corrected chi connectivity index (χ4v) is 4.25. The van der Waals surface area contributed by atoms with E-state index in [1.807, 2.05) is 61.5 Å². The van der Waals surface area contributed by atoms with E-state index in [4.69, 9.17) is 4.74 Å². The molecule has 0 aromatic heterocycles. The van der Waals surface area contributed by atoms with Crippen molar-refractivity contribution >= 4 is 23.2 Å². The maximum Gasteiger partial charge on any atom is 0.229 e. The van der Waals surface area contributed by atoms with Crippen LogP contribution in [-0.4, -0.2) is 18.4 Å². The quantitative estimate of drug-likeness (QED) is 0.495. The average Bonchev–Trinajstić information content (AvgIpc) is 3.22. The van der Waals surface area contributed by atoms with Gasteiger partial charge in [0.15, 0.2) is 0 Å². The van der Waals surface area contributed by atoms with Gasteiger partial charge in [-0.2, -0.15) is 0 Å². The molecule has 0 saturated carbocycles. The van der Waals surface area contributed by atoms with Gasteiger partial charge in [0.05, 0.1) is 5.92 Å². The van der Waals surface area contributed by atoms with Crippen LogP contribution in [0.1, 0.15) is 37.0 Å². The number of anilines is 2. The molecule has 0 unspecified atom stereocenters. The number of hydrogen-bond acceptors (Lipinski definition) is 3. The van der Waals surface area contributed by atoms with E-state index in [1.165, 1.54) is 5.56 Å². The van der Waals surface area contributed by atoms with E-state index in [-0.39, 0.29) is 24.2 Å². The maximum atomic E-state index is 12.9. The van der Waals surface area contributed by atoms with Gasteiger partial charge in [-0.15, -0.1) is 0 Å². The second-order valence-corrected chi connectivity index (χ2v) is 8.47. The molecule has 170 valence electrons. The molecule has 33 heavy (non-hydrogen) atoms. The van der Waals surface area contributed by atoms with Crippen molar-refractivity contribution in [2.24, 2.45) is 5.92 Å². The Morgan fingerprint density at radius 2 is 1.52 bits per heavy atom. The van der Waals surface area contributed by atoms with Crippen molar-refractivity contribution in [1.82, 2.24) is 0 Å². The minimum Gasteiger partial charge on any atom is -0.457 e. The van der Waals surface area contributed by atoms with Crippen LogP contribution in [0.15, 0.2) is 66.7 Å². The van der Waals surface area contributed by atoms with Crippen molar-refractivity contribution < 1.29 is 14.3 Å². The molecular formula is C28H30N2O3. The highest BCUT2D eigenvalue weighted by atomic mass is 16.5. The monoisotopic (exact) mass is 442 g/mol. The van der Waals surface area contributed by atoms with Crippen LogP contribution in [0.3, 0.4) is 0 Å². The van der Waals surface area contributed by atoms with E-state index in [9.17, 15) is 9.59 Å². The number of aryl methyl sites for hydroxylation is 3. The lowest BCUT2D eigenvalue weighted by Gasteiger charge is -2.23. The Morgan fingerprint density at radius 1 is 0.939 bits per heavy atom. The topological polar surface area (TPSA) is 58.6 Å². The molecular weight excluding hydrogens is 412 g/mol. The lowest BCUT2D eigenvalue weighted by atomic mass is 10.0. The Hall–Kier alpha value is -3.60. The SMILES string of the molecule is CCc1cccc(CC)c1N1C[C@H](C(=O)Nc2ccc(Oc3ccc(C)cc3)cc2)CC1=O. The number of amides is 2. The first kappa shape index (κ1) is 22.6. The van der Waals surface area contributed by atoms with Crippen molar-refractivity contribution in [3.8, 4) is 11.5 Å². The minimum absolute atomic E-state index is 0.00703. The van der Waals surface area contributed by atoms with Gasteiger partial charge in [-0.05, 0) is 67.3 Å². The predicted molar refractivity (Wildman–Crippen MR) is 132 cm³/mol. The van der Waals surface area contributed by atoms with E-state index in [0.29, 0.717) is 18.0 Å². The number of nitrogens with zero attached hydrogens (tertiary/aromatic N) is 1. The third-order valence-corrected chi connectivity index (χ3v) is 6.11. The van der Waals surface area contributed by atoms with Crippen LogP contribution >= 0.6 is 0 Å². The van der Waals surface area contributed by atoms with Gasteiger partial charge in [-0.1, -0.05) is 49.7 Å². The normalized spacial score (nSPS) is 15.5. The molecule has 3 aromatic carbocycles. The second-order valence-electron chi connectivity index (χ2n) is 8.47. The highest BCUT2D eigenvalue weighted by Crippen LogP contribution is 2.33. The van der Waals surface area contributed by atoms with E-state index in [1.54, 1.807) is 4.90 Å². The predicted octanol–water partition coefficient (Wildman–Crippen LogP) is 5.90. The summed E-state index contributed by atoms with van der Waals surface area (Å²) in [6.45, 7) is 6.62. The van der Waals surface area contributed by atoms with Gasteiger partial charge in [-0.3, -0.25) is 9.59 Å². The molecule has 0 bridgehead atoms. The van der Waals surface area contributed by atoms with Crippen molar-refractivity contribution in [2.75, 3.05) is 16.8 Å². The Balaban J connectivity index is 1.41. The number of rotatable bonds is 7. The molecule has 1 atom stereocenters. The maximum absolute atomic E-state index is 12.9. The molecule has 0 spiro atoms. The van der Waals surface area contributed by atoms with Crippen LogP contribution in [0, 0.1) is 12.8 Å². The first-order chi connectivity index (χ1) is 16.0. The molecule has 5 heteroatoms. The van der Waals surface area contributed by atoms with Gasteiger partial charge in [0, 0.05) is 24.3 Å². The highest BCUT2D eigenvalue weighted by Gasteiger charge is 2.36. The number of carbonyl (C=O) groups is 2. The molecule has 2 amide bonds. The number of nitrogens with one attached hydrogen (secondary N) is 1. The lowest BCUT2D eigenvalue weighted by molar-refractivity contribution is -0.122. The summed E-state index contributed by atoms with van der Waals surface area (Å²) in [6, 6.07) is 21.3. The molecule has 5 nitrogen and oxygen atoms in total. The van der Waals surface area contributed by atoms with Crippen molar-refractivity contribution in [2.45, 2.75) is 40.0 Å². The van der Waals surface area contributed by atoms with Gasteiger partial charge < -0.3 is 15.0 Å². The van der Waals surface area contributed by atoms with Gasteiger partial charge >= 0.3 is 0 Å². The van der Waals surface area contributed by atoms with Gasteiger partial charge in [0.1, 0.15) is 11.5 Å². The molecule has 1 saturated heterocycles. The summed E-state index contributed by atoms with van der Waals surface area (Å²) in [7, 11) is 0. The summed E-state index contributed by atoms with van der Waals surface area (Å²) in [5.74, 6) is 0.955. The van der Waals surface area contributed by atoms with Crippen LogP contribution < -0.4 is 15.0 Å². The zero-order chi connectivity index (χ0) is 23.4. The zero-order valence-electron chi connectivity index (χ0n) is 19.4. The minimum atomic E-state index is -0.379. The molecule has 0 aliphatic carbocycles. The molecule has 3 aromatic rings. The third kappa shape index (κ3) is 5.08. The number of benzene rings is 3. The number of carbonyl (C=O) groups excluding carboxylic acids is 2. The average molecular weight is 443 g/mol. The van der Waals surface area contributed by atoms with Gasteiger partial charge in [0.25, 0.3) is 0 Å². The molecule has 1 N–H and O–H groups in total. The first-order valence-corrected chi connectivity index (χ1v) is 11.5. The van der Waals surface area contributed by atoms with E-state index >= 15 is 0 Å². The Kier molecular flexibility index (Phi) is 6.78. The summed E-state index contributed by atoms with van der Waals surface area (Å²) >= 11 is 0. The third-order valence-electron chi connectivity index (χ3n) is 6.11. The molecule has 1 aliphatic heterocycles. The molecule has 1 fully saturated rings. The Morgan fingerprint density at radius 3 is 2.09 bits per heavy atom. The Bertz CT molecular complexity index is 1110. The van der Waals surface area contributed by atoms with Crippen LogP contribution in [0.5, 0.6) is 11.5 Å². The van der Waals surface area contributed by atoms with E-state index in [2.05, 4.69) is 31.3 Å². The smallest absolute Gasteiger partial charge is 0.229 e. The number of hydrogen-bond donors (Lipinski definition) is 1. The zero-order valence-corrected chi connectivity index (χ0v) is 19.4. The number of para-hydroxylation sites is 1. The summed E-state index contributed by atoms with van der Waals surface area (Å²) < 4.78 is 5.85. The molecule has 1 aliphatic rings. The van der Waals surface area contributed by atoms with Crippen LogP contribution in [-0.2, 0) is 22.4 Å². The fourth-order valence-electron chi connectivity index (χ4n) is 4.25. The van der Waals surface area contributed by atoms with Crippen LogP contribution in [0.4, 0.5) is 11.4 Å². The Labute approximate surface area is 195 Å². The first-order valence-electron chi connectivity index (χ1n) is 11.5. The summed E-state index contributed by atoms with van der Waals surface area (Å²) in [6.07, 6.45) is 1.92. The van der Waals surface area contributed by atoms with Gasteiger partial charge in [0.2, 0.25) is 11.8 Å². The molecule has 1 heterocycles. The van der Waals surface area contributed by atoms with Crippen LogP contribution in [0.25, 0.3) is 0 Å². The van der Waals surface area contributed by atoms with Crippen molar-refractivity contribution in [3.05, 3.63) is 83.4 Å². The summed E-state index contributed by atoms with van der Waals surface area (Å²) in [5.41, 5.74) is 5.14. The largest absolute Gasteiger partial charge is 0.457 e. The summed E-state index contributed by atoms with van der Waals surface area (Å²) in [4.78, 5) is 27.6. The fraction of sp³-hybridized carbons (Fsp3) is 0.286. The number of ether oxygens (including phenoxy) is 1. The standard InChI is InChI=1S/C28H30N2O3/c1-4-20-7-6-8-21(5-2)27(20)30-18-22(17-26(30)31)28(32)29-23-11-15-25(16-12-23)33-24-13-9-19(3)10-14-24/h6-16,22H,4-5,17-18H2,1-3H3,(H,29,32)/t22-/m1/s1. The summed E-state index contributed by atoms with van der Waals surface area (Å²) in [5, 5.41) is 2.96. The van der Waals surface area contributed by atoms with E-state index < -0.39 is 0 Å². The highest BCUT2D eigenvalue weighted by molar-refractivity contribution is 6.04. The molecule has 0 radical (unpaired) electrons. The van der Waals surface area contributed by atoms with Crippen molar-refractivity contribution in [3.63, 3.8) is 0 Å².